The minimum absolute atomic E-state index is 0.525. The predicted octanol–water partition coefficient (Wildman–Crippen LogP) is 7.06. The Balaban J connectivity index is 1.89. The fourth-order valence-corrected chi connectivity index (χ4v) is 3.95. The summed E-state index contributed by atoms with van der Waals surface area (Å²) in [5.41, 5.74) is 2.24. The summed E-state index contributed by atoms with van der Waals surface area (Å²) in [6.45, 7) is 2.25. The Kier molecular flexibility index (Phi) is 5.59. The number of hydrogen-bond acceptors (Lipinski definition) is 1. The van der Waals surface area contributed by atoms with E-state index in [2.05, 4.69) is 19.1 Å². The first-order valence-corrected chi connectivity index (χ1v) is 9.28. The van der Waals surface area contributed by atoms with E-state index in [-0.39, 0.29) is 0 Å². The van der Waals surface area contributed by atoms with Gasteiger partial charge in [0.2, 0.25) is 0 Å². The summed E-state index contributed by atoms with van der Waals surface area (Å²) in [5.74, 6) is 2.05. The van der Waals surface area contributed by atoms with Crippen molar-refractivity contribution in [1.29, 1.82) is 0 Å². The SMILES string of the molecule is CCC1CCC(c2ccc(OC)c(-c3ccc(C(F)(F)F)cc3)c2)CC1. The molecule has 0 atom stereocenters. The molecule has 0 amide bonds. The molecule has 0 heterocycles. The molecule has 0 aromatic heterocycles. The minimum Gasteiger partial charge on any atom is -0.496 e. The number of benzene rings is 2. The fourth-order valence-electron chi connectivity index (χ4n) is 3.95. The molecule has 0 saturated heterocycles. The topological polar surface area (TPSA) is 9.23 Å². The van der Waals surface area contributed by atoms with E-state index in [1.54, 1.807) is 7.11 Å². The van der Waals surface area contributed by atoms with Crippen LogP contribution in [0, 0.1) is 5.92 Å². The molecule has 0 unspecified atom stereocenters. The van der Waals surface area contributed by atoms with E-state index in [0.717, 1.165) is 29.2 Å². The van der Waals surface area contributed by atoms with Crippen LogP contribution in [-0.4, -0.2) is 7.11 Å². The van der Waals surface area contributed by atoms with Crippen LogP contribution in [0.4, 0.5) is 13.2 Å². The van der Waals surface area contributed by atoms with Gasteiger partial charge in [0.25, 0.3) is 0 Å². The Labute approximate surface area is 153 Å². The molecule has 3 rings (SSSR count). The summed E-state index contributed by atoms with van der Waals surface area (Å²) >= 11 is 0. The van der Waals surface area contributed by atoms with Crippen LogP contribution in [0.2, 0.25) is 0 Å². The molecular weight excluding hydrogens is 337 g/mol. The first-order chi connectivity index (χ1) is 12.4. The van der Waals surface area contributed by atoms with Gasteiger partial charge in [0, 0.05) is 5.56 Å². The second-order valence-electron chi connectivity index (χ2n) is 7.16. The summed E-state index contributed by atoms with van der Waals surface area (Å²) < 4.78 is 43.9. The Morgan fingerprint density at radius 2 is 1.62 bits per heavy atom. The highest BCUT2D eigenvalue weighted by atomic mass is 19.4. The highest BCUT2D eigenvalue weighted by Crippen LogP contribution is 2.40. The van der Waals surface area contributed by atoms with Crippen molar-refractivity contribution in [2.24, 2.45) is 5.92 Å². The van der Waals surface area contributed by atoms with Crippen molar-refractivity contribution in [3.05, 3.63) is 53.6 Å². The average Bonchev–Trinajstić information content (AvgIpc) is 2.67. The average molecular weight is 362 g/mol. The maximum absolute atomic E-state index is 12.8. The molecule has 2 aromatic rings. The van der Waals surface area contributed by atoms with Crippen LogP contribution in [0.3, 0.4) is 0 Å². The van der Waals surface area contributed by atoms with Crippen LogP contribution >= 0.6 is 0 Å². The van der Waals surface area contributed by atoms with Crippen LogP contribution in [-0.2, 0) is 6.18 Å². The zero-order valence-electron chi connectivity index (χ0n) is 15.3. The molecule has 140 valence electrons. The van der Waals surface area contributed by atoms with Gasteiger partial charge in [-0.3, -0.25) is 0 Å². The van der Waals surface area contributed by atoms with Crippen LogP contribution in [0.1, 0.15) is 56.1 Å². The molecule has 1 nitrogen and oxygen atoms in total. The van der Waals surface area contributed by atoms with Crippen molar-refractivity contribution in [3.8, 4) is 16.9 Å². The molecule has 1 aliphatic rings. The van der Waals surface area contributed by atoms with Crippen LogP contribution < -0.4 is 4.74 Å². The zero-order valence-corrected chi connectivity index (χ0v) is 15.3. The summed E-state index contributed by atoms with van der Waals surface area (Å²) in [4.78, 5) is 0. The highest BCUT2D eigenvalue weighted by molar-refractivity contribution is 5.71. The molecule has 0 spiro atoms. The Hall–Kier alpha value is -1.97. The molecule has 0 radical (unpaired) electrons. The Morgan fingerprint density at radius 1 is 0.962 bits per heavy atom. The van der Waals surface area contributed by atoms with Gasteiger partial charge in [0.15, 0.2) is 0 Å². The predicted molar refractivity (Wildman–Crippen MR) is 98.4 cm³/mol. The van der Waals surface area contributed by atoms with E-state index in [9.17, 15) is 13.2 Å². The molecule has 1 saturated carbocycles. The van der Waals surface area contributed by atoms with Gasteiger partial charge in [-0.05, 0) is 72.9 Å². The van der Waals surface area contributed by atoms with E-state index >= 15 is 0 Å². The molecule has 0 aliphatic heterocycles. The number of hydrogen-bond donors (Lipinski definition) is 0. The number of alkyl halides is 3. The second-order valence-corrected chi connectivity index (χ2v) is 7.16. The molecule has 26 heavy (non-hydrogen) atoms. The molecule has 2 aromatic carbocycles. The minimum atomic E-state index is -4.32. The first kappa shape index (κ1) is 18.8. The Bertz CT molecular complexity index is 726. The molecule has 1 fully saturated rings. The summed E-state index contributed by atoms with van der Waals surface area (Å²) in [6.07, 6.45) is 1.79. The van der Waals surface area contributed by atoms with Gasteiger partial charge in [0.05, 0.1) is 12.7 Å². The maximum atomic E-state index is 12.8. The van der Waals surface area contributed by atoms with Crippen LogP contribution in [0.25, 0.3) is 11.1 Å². The lowest BCUT2D eigenvalue weighted by molar-refractivity contribution is -0.137. The lowest BCUT2D eigenvalue weighted by Crippen LogP contribution is -2.12. The molecule has 0 bridgehead atoms. The van der Waals surface area contributed by atoms with E-state index < -0.39 is 11.7 Å². The van der Waals surface area contributed by atoms with Gasteiger partial charge < -0.3 is 4.74 Å². The third kappa shape index (κ3) is 4.05. The van der Waals surface area contributed by atoms with E-state index in [1.165, 1.54) is 49.8 Å². The molecular formula is C22H25F3O. The molecule has 4 heteroatoms. The lowest BCUT2D eigenvalue weighted by Gasteiger charge is -2.28. The largest absolute Gasteiger partial charge is 0.496 e. The number of ether oxygens (including phenoxy) is 1. The van der Waals surface area contributed by atoms with Gasteiger partial charge >= 0.3 is 6.18 Å². The normalized spacial score (nSPS) is 20.8. The van der Waals surface area contributed by atoms with Crippen LogP contribution in [0.5, 0.6) is 5.75 Å². The van der Waals surface area contributed by atoms with E-state index in [0.29, 0.717) is 11.7 Å². The third-order valence-corrected chi connectivity index (χ3v) is 5.64. The van der Waals surface area contributed by atoms with E-state index in [1.807, 2.05) is 6.07 Å². The van der Waals surface area contributed by atoms with Gasteiger partial charge in [-0.15, -0.1) is 0 Å². The monoisotopic (exact) mass is 362 g/mol. The Morgan fingerprint density at radius 3 is 2.15 bits per heavy atom. The molecule has 1 aliphatic carbocycles. The van der Waals surface area contributed by atoms with Crippen molar-refractivity contribution in [2.45, 2.75) is 51.1 Å². The van der Waals surface area contributed by atoms with Gasteiger partial charge in [-0.2, -0.15) is 13.2 Å². The summed E-state index contributed by atoms with van der Waals surface area (Å²) in [6, 6.07) is 11.5. The van der Waals surface area contributed by atoms with Crippen molar-refractivity contribution >= 4 is 0 Å². The van der Waals surface area contributed by atoms with Gasteiger partial charge in [0.1, 0.15) is 5.75 Å². The number of methoxy groups -OCH3 is 1. The fraction of sp³-hybridized carbons (Fsp3) is 0.455. The van der Waals surface area contributed by atoms with Crippen molar-refractivity contribution < 1.29 is 17.9 Å². The highest BCUT2D eigenvalue weighted by Gasteiger charge is 2.30. The summed E-state index contributed by atoms with van der Waals surface area (Å²) in [5, 5.41) is 0. The van der Waals surface area contributed by atoms with E-state index in [4.69, 9.17) is 4.74 Å². The smallest absolute Gasteiger partial charge is 0.416 e. The summed E-state index contributed by atoms with van der Waals surface area (Å²) in [7, 11) is 1.59. The van der Waals surface area contributed by atoms with Gasteiger partial charge in [-0.1, -0.05) is 31.5 Å². The lowest BCUT2D eigenvalue weighted by atomic mass is 9.77. The standard InChI is InChI=1S/C22H25F3O/c1-3-15-4-6-16(7-5-15)18-10-13-21(26-2)20(14-18)17-8-11-19(12-9-17)22(23,24)25/h8-16H,3-7H2,1-2H3. The van der Waals surface area contributed by atoms with Crippen molar-refractivity contribution in [2.75, 3.05) is 7.11 Å². The zero-order chi connectivity index (χ0) is 18.7. The van der Waals surface area contributed by atoms with Crippen molar-refractivity contribution in [3.63, 3.8) is 0 Å². The second kappa shape index (κ2) is 7.73. The maximum Gasteiger partial charge on any atom is 0.416 e. The number of halogens is 3. The molecule has 0 N–H and O–H groups in total. The quantitative estimate of drug-likeness (QED) is 0.565. The van der Waals surface area contributed by atoms with Crippen molar-refractivity contribution in [1.82, 2.24) is 0 Å². The number of rotatable bonds is 4. The van der Waals surface area contributed by atoms with Crippen LogP contribution in [0.15, 0.2) is 42.5 Å². The third-order valence-electron chi connectivity index (χ3n) is 5.64. The van der Waals surface area contributed by atoms with Gasteiger partial charge in [-0.25, -0.2) is 0 Å². The first-order valence-electron chi connectivity index (χ1n) is 9.28.